The molecule has 0 spiro atoms. The van der Waals surface area contributed by atoms with E-state index in [1.54, 1.807) is 7.05 Å². The minimum atomic E-state index is -0.128. The lowest BCUT2D eigenvalue weighted by molar-refractivity contribution is 0.131. The van der Waals surface area contributed by atoms with E-state index in [0.717, 1.165) is 44.2 Å². The summed E-state index contributed by atoms with van der Waals surface area (Å²) in [5, 5.41) is 7.97. The molecule has 0 bridgehead atoms. The van der Waals surface area contributed by atoms with Crippen LogP contribution in [0.2, 0.25) is 0 Å². The zero-order valence-corrected chi connectivity index (χ0v) is 21.2. The minimum Gasteiger partial charge on any atom is -0.340 e. The van der Waals surface area contributed by atoms with Crippen LogP contribution in [0.3, 0.4) is 0 Å². The Labute approximate surface area is 210 Å². The molecule has 7 heteroatoms. The number of isocyanates is 1. The van der Waals surface area contributed by atoms with Crippen LogP contribution < -0.4 is 16.1 Å². The first kappa shape index (κ1) is 28.2. The van der Waals surface area contributed by atoms with E-state index in [-0.39, 0.29) is 6.03 Å². The number of hydrogen-bond donors (Lipinski definition) is 3. The van der Waals surface area contributed by atoms with Gasteiger partial charge in [-0.15, -0.1) is 0 Å². The average Bonchev–Trinajstić information content (AvgIpc) is 2.92. The third-order valence-corrected chi connectivity index (χ3v) is 6.39. The standard InChI is InChI=1S/C14H21N3O.C12H17N.C2H3NO/c1-15-14(18)16-17-9-7-13(8-10-17)11-12-5-3-2-4-6-12;1-2-4-11(5-3-1)10-12-6-8-13-9-7-12;1-3-2-4/h2-6,13H,7-11H2,1H3,(H2,15,16,18);1-5,12-13H,6-10H2;1H3. The van der Waals surface area contributed by atoms with Crippen molar-refractivity contribution in [3.8, 4) is 0 Å². The maximum absolute atomic E-state index is 11.2. The molecule has 0 radical (unpaired) electrons. The molecule has 4 rings (SSSR count). The summed E-state index contributed by atoms with van der Waals surface area (Å²) >= 11 is 0. The molecular formula is C28H41N5O2. The van der Waals surface area contributed by atoms with E-state index in [1.165, 1.54) is 56.6 Å². The minimum absolute atomic E-state index is 0.128. The Hall–Kier alpha value is -2.99. The zero-order valence-electron chi connectivity index (χ0n) is 21.2. The number of piperidine rings is 2. The molecule has 35 heavy (non-hydrogen) atoms. The first-order valence-electron chi connectivity index (χ1n) is 12.6. The van der Waals surface area contributed by atoms with Crippen LogP contribution in [0, 0.1) is 11.8 Å². The van der Waals surface area contributed by atoms with Gasteiger partial charge in [0.2, 0.25) is 6.08 Å². The molecule has 2 amide bonds. The monoisotopic (exact) mass is 479 g/mol. The zero-order chi connectivity index (χ0) is 25.1. The molecule has 2 fully saturated rings. The normalized spacial score (nSPS) is 16.4. The largest absolute Gasteiger partial charge is 0.340 e. The molecule has 0 unspecified atom stereocenters. The first-order chi connectivity index (χ1) is 17.1. The molecule has 2 aliphatic rings. The smallest absolute Gasteiger partial charge is 0.329 e. The van der Waals surface area contributed by atoms with E-state index in [1.807, 2.05) is 5.01 Å². The molecule has 0 atom stereocenters. The maximum atomic E-state index is 11.2. The highest BCUT2D eigenvalue weighted by molar-refractivity contribution is 5.72. The van der Waals surface area contributed by atoms with Crippen molar-refractivity contribution in [3.63, 3.8) is 0 Å². The lowest BCUT2D eigenvalue weighted by Gasteiger charge is -2.31. The topological polar surface area (TPSA) is 85.8 Å². The van der Waals surface area contributed by atoms with Crippen molar-refractivity contribution in [1.29, 1.82) is 0 Å². The first-order valence-corrected chi connectivity index (χ1v) is 12.6. The Morgan fingerprint density at radius 1 is 0.914 bits per heavy atom. The van der Waals surface area contributed by atoms with Crippen LogP contribution in [0.1, 0.15) is 36.8 Å². The van der Waals surface area contributed by atoms with Gasteiger partial charge in [-0.25, -0.2) is 19.6 Å². The second-order valence-electron chi connectivity index (χ2n) is 9.01. The average molecular weight is 480 g/mol. The molecule has 7 nitrogen and oxygen atoms in total. The van der Waals surface area contributed by atoms with E-state index < -0.39 is 0 Å². The van der Waals surface area contributed by atoms with E-state index in [4.69, 9.17) is 4.79 Å². The number of urea groups is 1. The summed E-state index contributed by atoms with van der Waals surface area (Å²) < 4.78 is 0. The third-order valence-electron chi connectivity index (χ3n) is 6.39. The van der Waals surface area contributed by atoms with Crippen molar-refractivity contribution in [1.82, 2.24) is 21.1 Å². The van der Waals surface area contributed by atoms with Crippen molar-refractivity contribution >= 4 is 12.1 Å². The summed E-state index contributed by atoms with van der Waals surface area (Å²) in [4.78, 5) is 23.0. The summed E-state index contributed by atoms with van der Waals surface area (Å²) in [6.45, 7) is 4.28. The summed E-state index contributed by atoms with van der Waals surface area (Å²) in [6, 6.07) is 21.3. The predicted octanol–water partition coefficient (Wildman–Crippen LogP) is 3.97. The number of rotatable bonds is 5. The Balaban J connectivity index is 0.000000222. The van der Waals surface area contributed by atoms with Gasteiger partial charge >= 0.3 is 6.03 Å². The fraction of sp³-hybridized carbons (Fsp3) is 0.500. The van der Waals surface area contributed by atoms with Gasteiger partial charge in [-0.3, -0.25) is 5.43 Å². The van der Waals surface area contributed by atoms with Gasteiger partial charge in [-0.1, -0.05) is 60.7 Å². The van der Waals surface area contributed by atoms with E-state index >= 15 is 0 Å². The molecule has 0 aliphatic carbocycles. The van der Waals surface area contributed by atoms with Gasteiger partial charge < -0.3 is 10.6 Å². The lowest BCUT2D eigenvalue weighted by Crippen LogP contribution is -2.49. The van der Waals surface area contributed by atoms with Gasteiger partial charge in [0.25, 0.3) is 0 Å². The van der Waals surface area contributed by atoms with Gasteiger partial charge in [-0.2, -0.15) is 0 Å². The van der Waals surface area contributed by atoms with Crippen LogP contribution >= 0.6 is 0 Å². The van der Waals surface area contributed by atoms with Crippen LogP contribution in [-0.4, -0.2) is 57.4 Å². The highest BCUT2D eigenvalue weighted by Crippen LogP contribution is 2.20. The highest BCUT2D eigenvalue weighted by Gasteiger charge is 2.20. The molecule has 2 aromatic rings. The molecular weight excluding hydrogens is 438 g/mol. The van der Waals surface area contributed by atoms with Gasteiger partial charge in [0.15, 0.2) is 0 Å². The predicted molar refractivity (Wildman–Crippen MR) is 142 cm³/mol. The van der Waals surface area contributed by atoms with E-state index in [2.05, 4.69) is 81.7 Å². The SMILES string of the molecule is CN=C=O.CNC(=O)NN1CCC(Cc2ccccc2)CC1.c1ccc(CC2CCNCC2)cc1. The van der Waals surface area contributed by atoms with Crippen LogP contribution in [-0.2, 0) is 17.6 Å². The summed E-state index contributed by atoms with van der Waals surface area (Å²) in [7, 11) is 3.02. The van der Waals surface area contributed by atoms with Crippen LogP contribution in [0.5, 0.6) is 0 Å². The van der Waals surface area contributed by atoms with Crippen molar-refractivity contribution in [2.24, 2.45) is 16.8 Å². The molecule has 190 valence electrons. The number of amides is 2. The summed E-state index contributed by atoms with van der Waals surface area (Å²) in [6.07, 6.45) is 8.68. The Morgan fingerprint density at radius 3 is 1.80 bits per heavy atom. The number of hydrazine groups is 1. The molecule has 2 aliphatic heterocycles. The number of carbonyl (C=O) groups excluding carboxylic acids is 2. The van der Waals surface area contributed by atoms with E-state index in [9.17, 15) is 4.79 Å². The van der Waals surface area contributed by atoms with Crippen molar-refractivity contribution in [3.05, 3.63) is 71.8 Å². The van der Waals surface area contributed by atoms with Gasteiger partial charge in [0, 0.05) is 27.2 Å². The second kappa shape index (κ2) is 17.4. The lowest BCUT2D eigenvalue weighted by atomic mass is 9.91. The molecule has 2 heterocycles. The van der Waals surface area contributed by atoms with E-state index in [0.29, 0.717) is 0 Å². The number of aliphatic imine (C=N–C) groups is 1. The van der Waals surface area contributed by atoms with Crippen LogP contribution in [0.15, 0.2) is 65.7 Å². The fourth-order valence-electron chi connectivity index (χ4n) is 4.43. The molecule has 3 N–H and O–H groups in total. The second-order valence-corrected chi connectivity index (χ2v) is 9.01. The summed E-state index contributed by atoms with van der Waals surface area (Å²) in [5.41, 5.74) is 5.74. The van der Waals surface area contributed by atoms with Gasteiger partial charge in [0.1, 0.15) is 0 Å². The quantitative estimate of drug-likeness (QED) is 0.448. The number of nitrogens with zero attached hydrogens (tertiary/aromatic N) is 2. The number of carbonyl (C=O) groups is 1. The molecule has 2 saturated heterocycles. The molecule has 0 aromatic heterocycles. The van der Waals surface area contributed by atoms with Crippen molar-refractivity contribution < 1.29 is 9.59 Å². The van der Waals surface area contributed by atoms with Crippen LogP contribution in [0.25, 0.3) is 0 Å². The Bertz CT molecular complexity index is 857. The number of nitrogens with one attached hydrogen (secondary N) is 3. The maximum Gasteiger partial charge on any atom is 0.329 e. The Kier molecular flexibility index (Phi) is 14.1. The molecule has 2 aromatic carbocycles. The highest BCUT2D eigenvalue weighted by atomic mass is 16.2. The summed E-state index contributed by atoms with van der Waals surface area (Å²) in [5.74, 6) is 1.64. The van der Waals surface area contributed by atoms with Crippen LogP contribution in [0.4, 0.5) is 4.79 Å². The molecule has 0 saturated carbocycles. The van der Waals surface area contributed by atoms with Gasteiger partial charge in [-0.05, 0) is 74.6 Å². The van der Waals surface area contributed by atoms with Crippen molar-refractivity contribution in [2.75, 3.05) is 40.3 Å². The number of hydrogen-bond acceptors (Lipinski definition) is 5. The van der Waals surface area contributed by atoms with Gasteiger partial charge in [0.05, 0.1) is 0 Å². The number of benzene rings is 2. The Morgan fingerprint density at radius 2 is 1.37 bits per heavy atom. The fourth-order valence-corrected chi connectivity index (χ4v) is 4.43. The third kappa shape index (κ3) is 12.3. The van der Waals surface area contributed by atoms with Crippen molar-refractivity contribution in [2.45, 2.75) is 38.5 Å².